The second-order valence-corrected chi connectivity index (χ2v) is 36.1. The average molecular weight is 1130 g/mol. The lowest BCUT2D eigenvalue weighted by atomic mass is 9.78. The number of ketones is 1. The van der Waals surface area contributed by atoms with Crippen LogP contribution in [-0.4, -0.2) is 115 Å². The molecule has 0 bridgehead atoms. The SMILES string of the molecule is C=C1C[C@H](CCC2OCCO2)O[C@H]1CC[C@H]1C[C@H](C)C(=C)[C@@H](C[C@@H]2O[C@H](C[C@H](C)CC)[C@H](C)[C@H]2CC(=O)C[C@H]2CC[C@@H]3O[C@@H]([C@H](/C=C/I)O[Si](C)(C)C(C)(C)C)[C@@H](O[Si](C)(C)C(C)(C)C)[C@@H](C)[C@H]3O2)O1. The Kier molecular flexibility index (Phi) is 20.9. The van der Waals surface area contributed by atoms with Gasteiger partial charge >= 0.3 is 0 Å². The van der Waals surface area contributed by atoms with Crippen LogP contribution in [0.15, 0.2) is 34.5 Å². The van der Waals surface area contributed by atoms with Crippen molar-refractivity contribution in [3.8, 4) is 0 Å². The molecule has 0 spiro atoms. The van der Waals surface area contributed by atoms with Gasteiger partial charge < -0.3 is 42.0 Å². The molecule has 0 radical (unpaired) electrons. The lowest BCUT2D eigenvalue weighted by molar-refractivity contribution is -0.251. The van der Waals surface area contributed by atoms with E-state index in [2.05, 4.69) is 148 Å². The van der Waals surface area contributed by atoms with Gasteiger partial charge in [0.25, 0.3) is 0 Å². The van der Waals surface area contributed by atoms with Gasteiger partial charge in [0.1, 0.15) is 11.9 Å². The quantitative estimate of drug-likeness (QED) is 0.0627. The van der Waals surface area contributed by atoms with Crippen molar-refractivity contribution >= 4 is 45.0 Å². The van der Waals surface area contributed by atoms with E-state index in [1.165, 1.54) is 5.57 Å². The van der Waals surface area contributed by atoms with Crippen LogP contribution >= 0.6 is 22.6 Å². The van der Waals surface area contributed by atoms with Crippen molar-refractivity contribution in [2.45, 2.75) is 275 Å². The highest BCUT2D eigenvalue weighted by Crippen LogP contribution is 2.47. The van der Waals surface area contributed by atoms with Crippen molar-refractivity contribution in [2.24, 2.45) is 29.6 Å². The number of fused-ring (bicyclic) bond motifs is 1. The van der Waals surface area contributed by atoms with Crippen LogP contribution in [0.25, 0.3) is 0 Å². The van der Waals surface area contributed by atoms with E-state index in [-0.39, 0.29) is 113 Å². The van der Waals surface area contributed by atoms with Gasteiger partial charge in [0, 0.05) is 31.6 Å². The molecule has 6 fully saturated rings. The third-order valence-corrected chi connectivity index (χ3v) is 27.9. The van der Waals surface area contributed by atoms with E-state index in [9.17, 15) is 4.79 Å². The van der Waals surface area contributed by atoms with Crippen LogP contribution in [0.4, 0.5) is 0 Å². The molecule has 402 valence electrons. The topological polar surface area (TPSA) is 100 Å². The number of carbonyl (C=O) groups excluding carboxylic acids is 1. The third-order valence-electron chi connectivity index (χ3n) is 18.5. The lowest BCUT2D eigenvalue weighted by Crippen LogP contribution is -2.64. The summed E-state index contributed by atoms with van der Waals surface area (Å²) in [6, 6.07) is 0. The summed E-state index contributed by atoms with van der Waals surface area (Å²) in [5.41, 5.74) is 2.33. The minimum Gasteiger partial charge on any atom is -0.411 e. The Morgan fingerprint density at radius 3 is 2.10 bits per heavy atom. The summed E-state index contributed by atoms with van der Waals surface area (Å²) >= 11 is 2.32. The Morgan fingerprint density at radius 1 is 0.800 bits per heavy atom. The summed E-state index contributed by atoms with van der Waals surface area (Å²) in [4.78, 5) is 14.5. The normalized spacial score (nSPS) is 37.1. The predicted octanol–water partition coefficient (Wildman–Crippen LogP) is 13.9. The minimum absolute atomic E-state index is 0.0144. The highest BCUT2D eigenvalue weighted by atomic mass is 127. The number of halogens is 1. The van der Waals surface area contributed by atoms with E-state index in [1.807, 2.05) is 0 Å². The number of hydrogen-bond donors (Lipinski definition) is 0. The molecule has 0 aliphatic carbocycles. The second-order valence-electron chi connectivity index (χ2n) is 25.9. The van der Waals surface area contributed by atoms with E-state index in [4.69, 9.17) is 42.0 Å². The summed E-state index contributed by atoms with van der Waals surface area (Å²) in [6.07, 6.45) is 11.9. The number of carbonyl (C=O) groups is 1. The molecule has 6 aliphatic heterocycles. The first-order valence-electron chi connectivity index (χ1n) is 27.7. The first kappa shape index (κ1) is 58.9. The zero-order chi connectivity index (χ0) is 51.5. The summed E-state index contributed by atoms with van der Waals surface area (Å²) in [5.74, 6) is 1.54. The molecular formula is C57H99IO10Si2. The van der Waals surface area contributed by atoms with Gasteiger partial charge in [-0.1, -0.05) is 118 Å². The van der Waals surface area contributed by atoms with Crippen LogP contribution in [0.5, 0.6) is 0 Å². The molecule has 17 atom stereocenters. The molecule has 0 unspecified atom stereocenters. The Balaban J connectivity index is 1.11. The standard InChI is InChI=1S/C57H99IO10Si2/c1-18-35(2)29-49-39(6)45(51(65-49)34-50-38(5)36(3)30-42(63-50)19-22-46-37(4)31-43(62-46)21-24-52-60-27-28-61-52)33-41(59)32-44-20-23-47-53(64-44)40(7)54(68-70(16,17)57(11,12)13)55(66-47)48(25-26-58)67-69(14,15)56(8,9)10/h25-26,35-36,39-40,42-55H,4-5,18-24,27-34H2,1-3,6-17H3/b26-25+/t35-,36+,39-,40+,42+,43+,44-,45-,46+,47+,48+,49-,50-,51+,53-,54+,55+/m1/s1. The van der Waals surface area contributed by atoms with Gasteiger partial charge in [-0.2, -0.15) is 0 Å². The first-order chi connectivity index (χ1) is 32.7. The van der Waals surface area contributed by atoms with Crippen molar-refractivity contribution in [2.75, 3.05) is 13.2 Å². The highest BCUT2D eigenvalue weighted by molar-refractivity contribution is 14.1. The van der Waals surface area contributed by atoms with E-state index in [0.717, 1.165) is 76.2 Å². The van der Waals surface area contributed by atoms with Gasteiger partial charge in [0.05, 0.1) is 80.4 Å². The van der Waals surface area contributed by atoms with Gasteiger partial charge in [0.2, 0.25) is 0 Å². The molecular weight excluding hydrogens is 1030 g/mol. The highest BCUT2D eigenvalue weighted by Gasteiger charge is 2.54. The van der Waals surface area contributed by atoms with Gasteiger partial charge in [-0.05, 0) is 133 Å². The summed E-state index contributed by atoms with van der Waals surface area (Å²) in [6.45, 7) is 44.9. The fourth-order valence-electron chi connectivity index (χ4n) is 11.5. The largest absolute Gasteiger partial charge is 0.411 e. The summed E-state index contributed by atoms with van der Waals surface area (Å²) in [5, 5.41) is 0.0579. The molecule has 70 heavy (non-hydrogen) atoms. The molecule has 0 amide bonds. The number of rotatable bonds is 21. The smallest absolute Gasteiger partial charge is 0.193 e. The molecule has 6 aliphatic rings. The molecule has 10 nitrogen and oxygen atoms in total. The van der Waals surface area contributed by atoms with E-state index >= 15 is 0 Å². The Labute approximate surface area is 442 Å². The maximum absolute atomic E-state index is 14.5. The molecule has 0 aromatic rings. The summed E-state index contributed by atoms with van der Waals surface area (Å²) in [7, 11) is -4.41. The zero-order valence-electron chi connectivity index (χ0n) is 46.5. The maximum Gasteiger partial charge on any atom is 0.193 e. The fraction of sp³-hybridized carbons (Fsp3) is 0.877. The number of hydrogen-bond acceptors (Lipinski definition) is 10. The van der Waals surface area contributed by atoms with Crippen LogP contribution in [0.2, 0.25) is 36.3 Å². The van der Waals surface area contributed by atoms with Crippen LogP contribution in [0.3, 0.4) is 0 Å². The van der Waals surface area contributed by atoms with Crippen molar-refractivity contribution in [3.63, 3.8) is 0 Å². The van der Waals surface area contributed by atoms with E-state index < -0.39 is 16.6 Å². The zero-order valence-corrected chi connectivity index (χ0v) is 50.7. The Hall–Kier alpha value is -0.306. The predicted molar refractivity (Wildman–Crippen MR) is 295 cm³/mol. The van der Waals surface area contributed by atoms with Gasteiger partial charge in [-0.25, -0.2) is 0 Å². The lowest BCUT2D eigenvalue weighted by Gasteiger charge is -2.54. The molecule has 13 heteroatoms. The van der Waals surface area contributed by atoms with Gasteiger partial charge in [-0.3, -0.25) is 4.79 Å². The average Bonchev–Trinajstić information content (AvgIpc) is 4.00. The minimum atomic E-state index is -2.24. The Morgan fingerprint density at radius 2 is 1.46 bits per heavy atom. The molecule has 0 N–H and O–H groups in total. The van der Waals surface area contributed by atoms with Crippen molar-refractivity contribution in [1.82, 2.24) is 0 Å². The van der Waals surface area contributed by atoms with Gasteiger partial charge in [0.15, 0.2) is 22.9 Å². The molecule has 6 rings (SSSR count). The monoisotopic (exact) mass is 1130 g/mol. The van der Waals surface area contributed by atoms with Crippen LogP contribution < -0.4 is 0 Å². The van der Waals surface area contributed by atoms with Gasteiger partial charge in [-0.15, -0.1) is 0 Å². The molecule has 0 saturated carbocycles. The molecule has 6 heterocycles. The Bertz CT molecular complexity index is 1750. The van der Waals surface area contributed by atoms with Crippen molar-refractivity contribution in [1.29, 1.82) is 0 Å². The molecule has 0 aromatic heterocycles. The van der Waals surface area contributed by atoms with Crippen LogP contribution in [-0.2, 0) is 46.8 Å². The first-order valence-corrected chi connectivity index (χ1v) is 34.8. The maximum atomic E-state index is 14.5. The van der Waals surface area contributed by atoms with E-state index in [1.54, 1.807) is 0 Å². The van der Waals surface area contributed by atoms with Crippen LogP contribution in [0.1, 0.15) is 160 Å². The second kappa shape index (κ2) is 24.8. The van der Waals surface area contributed by atoms with Crippen molar-refractivity contribution < 1.29 is 46.8 Å². The fourth-order valence-corrected chi connectivity index (χ4v) is 14.6. The molecule has 0 aromatic carbocycles. The number of Topliss-reactive ketones (excluding diaryl/α,β-unsaturated/α-hetero) is 1. The summed E-state index contributed by atoms with van der Waals surface area (Å²) < 4.78 is 62.8. The van der Waals surface area contributed by atoms with E-state index in [0.29, 0.717) is 37.9 Å². The number of ether oxygens (including phenoxy) is 7. The van der Waals surface area contributed by atoms with Crippen LogP contribution in [0, 0.1) is 29.6 Å². The third kappa shape index (κ3) is 14.8. The van der Waals surface area contributed by atoms with Crippen molar-refractivity contribution in [3.05, 3.63) is 34.5 Å². The molecule has 6 saturated heterocycles.